The zero-order valence-electron chi connectivity index (χ0n) is 12.6. The molecule has 0 aliphatic rings. The van der Waals surface area contributed by atoms with E-state index in [-0.39, 0.29) is 12.5 Å². The molecule has 0 fully saturated rings. The Kier molecular flexibility index (Phi) is 7.62. The highest BCUT2D eigenvalue weighted by Gasteiger charge is 2.08. The normalized spacial score (nSPS) is 11.1. The molecule has 0 radical (unpaired) electrons. The van der Waals surface area contributed by atoms with Gasteiger partial charge in [0.1, 0.15) is 5.82 Å². The van der Waals surface area contributed by atoms with Gasteiger partial charge in [0.25, 0.3) is 0 Å². The highest BCUT2D eigenvalue weighted by molar-refractivity contribution is 6.30. The third kappa shape index (κ3) is 6.39. The average molecular weight is 301 g/mol. The number of nitrogens with zero attached hydrogens (tertiary/aromatic N) is 1. The predicted molar refractivity (Wildman–Crippen MR) is 81.8 cm³/mol. The number of halogens is 1. The number of unbranched alkanes of at least 4 members (excludes halogenated alkanes) is 1. The van der Waals surface area contributed by atoms with Crippen molar-refractivity contribution in [2.45, 2.75) is 46.6 Å². The molecule has 6 heteroatoms. The van der Waals surface area contributed by atoms with E-state index in [1.54, 1.807) is 0 Å². The Morgan fingerprint density at radius 3 is 2.85 bits per heavy atom. The van der Waals surface area contributed by atoms with Crippen LogP contribution in [0.4, 0.5) is 0 Å². The molecule has 1 heterocycles. The van der Waals surface area contributed by atoms with Crippen molar-refractivity contribution >= 4 is 17.5 Å². The second-order valence-corrected chi connectivity index (χ2v) is 5.72. The highest BCUT2D eigenvalue weighted by Crippen LogP contribution is 2.13. The van der Waals surface area contributed by atoms with Gasteiger partial charge in [0, 0.05) is 19.5 Å². The lowest BCUT2D eigenvalue weighted by atomic mass is 10.2. The van der Waals surface area contributed by atoms with Gasteiger partial charge in [0.2, 0.25) is 5.91 Å². The van der Waals surface area contributed by atoms with Crippen LogP contribution in [0.3, 0.4) is 0 Å². The second kappa shape index (κ2) is 8.97. The summed E-state index contributed by atoms with van der Waals surface area (Å²) in [5, 5.41) is 6.42. The Hall–Kier alpha value is -1.07. The van der Waals surface area contributed by atoms with Gasteiger partial charge < -0.3 is 15.6 Å². The Bertz CT molecular complexity index is 417. The number of aromatic amines is 1. The van der Waals surface area contributed by atoms with Crippen LogP contribution in [0, 0.1) is 5.92 Å². The van der Waals surface area contributed by atoms with E-state index in [4.69, 9.17) is 11.6 Å². The van der Waals surface area contributed by atoms with E-state index in [2.05, 4.69) is 41.4 Å². The first-order valence-corrected chi connectivity index (χ1v) is 7.61. The topological polar surface area (TPSA) is 69.8 Å². The molecule has 0 saturated heterocycles. The van der Waals surface area contributed by atoms with Crippen molar-refractivity contribution in [3.63, 3.8) is 0 Å². The van der Waals surface area contributed by atoms with Gasteiger partial charge in [-0.15, -0.1) is 0 Å². The first-order chi connectivity index (χ1) is 9.52. The summed E-state index contributed by atoms with van der Waals surface area (Å²) >= 11 is 6.06. The standard InChI is InChI=1S/C14H25ClN4O/c1-4-5-6-12-18-11(14(15)19-12)8-16-9-13(20)17-7-10(2)3/h10,16H,4-9H2,1-3H3,(H,17,20)(H,18,19). The molecule has 1 aromatic heterocycles. The van der Waals surface area contributed by atoms with Crippen molar-refractivity contribution in [1.29, 1.82) is 0 Å². The maximum absolute atomic E-state index is 11.5. The molecule has 0 unspecified atom stereocenters. The SMILES string of the molecule is CCCCc1nc(Cl)c(CNCC(=O)NCC(C)C)[nH]1. The molecule has 1 aromatic rings. The largest absolute Gasteiger partial charge is 0.355 e. The first-order valence-electron chi connectivity index (χ1n) is 7.23. The van der Waals surface area contributed by atoms with E-state index in [0.717, 1.165) is 30.8 Å². The fraction of sp³-hybridized carbons (Fsp3) is 0.714. The molecule has 0 bridgehead atoms. The van der Waals surface area contributed by atoms with Crippen LogP contribution >= 0.6 is 11.6 Å². The zero-order valence-corrected chi connectivity index (χ0v) is 13.3. The molecule has 5 nitrogen and oxygen atoms in total. The predicted octanol–water partition coefficient (Wildman–Crippen LogP) is 2.27. The number of amides is 1. The molecule has 0 aromatic carbocycles. The van der Waals surface area contributed by atoms with Gasteiger partial charge in [0.15, 0.2) is 5.15 Å². The van der Waals surface area contributed by atoms with Gasteiger partial charge in [-0.3, -0.25) is 4.79 Å². The molecule has 3 N–H and O–H groups in total. The summed E-state index contributed by atoms with van der Waals surface area (Å²) in [6, 6.07) is 0. The van der Waals surface area contributed by atoms with Gasteiger partial charge in [-0.05, 0) is 12.3 Å². The van der Waals surface area contributed by atoms with Gasteiger partial charge in [-0.1, -0.05) is 38.8 Å². The summed E-state index contributed by atoms with van der Waals surface area (Å²) in [5.41, 5.74) is 0.842. The Morgan fingerprint density at radius 1 is 1.45 bits per heavy atom. The van der Waals surface area contributed by atoms with E-state index in [9.17, 15) is 4.79 Å². The van der Waals surface area contributed by atoms with Crippen LogP contribution in [0.25, 0.3) is 0 Å². The van der Waals surface area contributed by atoms with Crippen molar-refractivity contribution in [3.05, 3.63) is 16.7 Å². The first kappa shape index (κ1) is 17.0. The minimum absolute atomic E-state index is 0.000504. The summed E-state index contributed by atoms with van der Waals surface area (Å²) in [6.45, 7) is 7.78. The van der Waals surface area contributed by atoms with Crippen LogP contribution in [0.15, 0.2) is 0 Å². The van der Waals surface area contributed by atoms with Crippen LogP contribution in [-0.4, -0.2) is 29.0 Å². The summed E-state index contributed by atoms with van der Waals surface area (Å²) in [6.07, 6.45) is 3.13. The number of hydrogen-bond donors (Lipinski definition) is 3. The van der Waals surface area contributed by atoms with E-state index in [0.29, 0.717) is 24.2 Å². The van der Waals surface area contributed by atoms with Gasteiger partial charge in [-0.25, -0.2) is 4.98 Å². The molecular weight excluding hydrogens is 276 g/mol. The third-order valence-electron chi connectivity index (χ3n) is 2.84. The minimum atomic E-state index is 0.000504. The zero-order chi connectivity index (χ0) is 15.0. The van der Waals surface area contributed by atoms with Crippen LogP contribution < -0.4 is 10.6 Å². The molecule has 0 aliphatic heterocycles. The maximum atomic E-state index is 11.5. The Balaban J connectivity index is 2.31. The number of H-pyrrole nitrogens is 1. The number of carbonyl (C=O) groups excluding carboxylic acids is 1. The van der Waals surface area contributed by atoms with Crippen LogP contribution in [0.5, 0.6) is 0 Å². The van der Waals surface area contributed by atoms with Crippen LogP contribution in [0.1, 0.15) is 45.1 Å². The monoisotopic (exact) mass is 300 g/mol. The maximum Gasteiger partial charge on any atom is 0.233 e. The molecule has 114 valence electrons. The molecule has 0 atom stereocenters. The fourth-order valence-corrected chi connectivity index (χ4v) is 1.92. The summed E-state index contributed by atoms with van der Waals surface area (Å²) in [5.74, 6) is 1.38. The molecule has 0 saturated carbocycles. The quantitative estimate of drug-likeness (QED) is 0.655. The van der Waals surface area contributed by atoms with E-state index >= 15 is 0 Å². The van der Waals surface area contributed by atoms with Crippen molar-refractivity contribution in [2.24, 2.45) is 5.92 Å². The number of aryl methyl sites for hydroxylation is 1. The lowest BCUT2D eigenvalue weighted by Crippen LogP contribution is -2.35. The van der Waals surface area contributed by atoms with Gasteiger partial charge in [0.05, 0.1) is 12.2 Å². The number of nitrogens with one attached hydrogen (secondary N) is 3. The lowest BCUT2D eigenvalue weighted by molar-refractivity contribution is -0.120. The van der Waals surface area contributed by atoms with Crippen LogP contribution in [-0.2, 0) is 17.8 Å². The van der Waals surface area contributed by atoms with E-state index < -0.39 is 0 Å². The molecular formula is C14H25ClN4O. The molecule has 1 rings (SSSR count). The molecule has 20 heavy (non-hydrogen) atoms. The van der Waals surface area contributed by atoms with Gasteiger partial charge >= 0.3 is 0 Å². The smallest absolute Gasteiger partial charge is 0.233 e. The van der Waals surface area contributed by atoms with Crippen molar-refractivity contribution in [1.82, 2.24) is 20.6 Å². The van der Waals surface area contributed by atoms with Gasteiger partial charge in [-0.2, -0.15) is 0 Å². The highest BCUT2D eigenvalue weighted by atomic mass is 35.5. The Labute approximate surface area is 125 Å². The molecule has 1 amide bonds. The van der Waals surface area contributed by atoms with Crippen molar-refractivity contribution in [2.75, 3.05) is 13.1 Å². The number of imidazole rings is 1. The molecule has 0 spiro atoms. The number of hydrogen-bond acceptors (Lipinski definition) is 3. The van der Waals surface area contributed by atoms with E-state index in [1.807, 2.05) is 0 Å². The fourth-order valence-electron chi connectivity index (χ4n) is 1.70. The average Bonchev–Trinajstić information content (AvgIpc) is 2.75. The third-order valence-corrected chi connectivity index (χ3v) is 3.15. The summed E-state index contributed by atoms with van der Waals surface area (Å²) in [7, 11) is 0. The Morgan fingerprint density at radius 2 is 2.20 bits per heavy atom. The summed E-state index contributed by atoms with van der Waals surface area (Å²) in [4.78, 5) is 19.0. The lowest BCUT2D eigenvalue weighted by Gasteiger charge is -2.08. The number of carbonyl (C=O) groups is 1. The number of rotatable bonds is 9. The van der Waals surface area contributed by atoms with E-state index in [1.165, 1.54) is 0 Å². The summed E-state index contributed by atoms with van der Waals surface area (Å²) < 4.78 is 0. The van der Waals surface area contributed by atoms with Crippen molar-refractivity contribution in [3.8, 4) is 0 Å². The van der Waals surface area contributed by atoms with Crippen molar-refractivity contribution < 1.29 is 4.79 Å². The van der Waals surface area contributed by atoms with Crippen LogP contribution in [0.2, 0.25) is 5.15 Å². The minimum Gasteiger partial charge on any atom is -0.355 e. The molecule has 0 aliphatic carbocycles. The number of aromatic nitrogens is 2. The second-order valence-electron chi connectivity index (χ2n) is 5.36.